The number of likely N-dealkylation sites (N-methyl/N-ethyl adjacent to an activating group) is 1. The Hall–Kier alpha value is -1.44. The van der Waals surface area contributed by atoms with Gasteiger partial charge in [-0.25, -0.2) is 9.59 Å². The number of nitrogens with one attached hydrogen (secondary N) is 2. The van der Waals surface area contributed by atoms with Crippen LogP contribution in [0.25, 0.3) is 0 Å². The van der Waals surface area contributed by atoms with Crippen molar-refractivity contribution in [1.82, 2.24) is 15.5 Å². The highest BCUT2D eigenvalue weighted by Crippen LogP contribution is 2.18. The Balaban J connectivity index is 2.37. The van der Waals surface area contributed by atoms with Crippen LogP contribution in [0, 0.1) is 0 Å². The lowest BCUT2D eigenvalue weighted by Crippen LogP contribution is -2.49. The highest BCUT2D eigenvalue weighted by molar-refractivity contribution is 7.98. The normalized spacial score (nSPS) is 15.3. The first-order valence-corrected chi connectivity index (χ1v) is 7.86. The lowest BCUT2D eigenvalue weighted by atomic mass is 10.2. The summed E-state index contributed by atoms with van der Waals surface area (Å²) in [5.74, 6) is -0.646. The number of carbonyl (C=O) groups excluding carboxylic acids is 2. The fraction of sp³-hybridized carbons (Fsp3) is 0.750. The summed E-state index contributed by atoms with van der Waals surface area (Å²) in [7, 11) is 1.47. The van der Waals surface area contributed by atoms with Crippen molar-refractivity contribution in [3.8, 4) is 0 Å². The number of aliphatic carboxylic acids is 1. The van der Waals surface area contributed by atoms with Crippen LogP contribution in [0.5, 0.6) is 0 Å². The summed E-state index contributed by atoms with van der Waals surface area (Å²) in [5, 5.41) is 14.2. The zero-order valence-electron chi connectivity index (χ0n) is 11.7. The van der Waals surface area contributed by atoms with Gasteiger partial charge in [-0.05, 0) is 31.3 Å². The van der Waals surface area contributed by atoms with Gasteiger partial charge in [0.25, 0.3) is 0 Å². The van der Waals surface area contributed by atoms with Crippen LogP contribution in [0.4, 0.5) is 4.79 Å². The van der Waals surface area contributed by atoms with Crippen LogP contribution < -0.4 is 10.6 Å². The summed E-state index contributed by atoms with van der Waals surface area (Å²) >= 11 is 1.51. The third-order valence-electron chi connectivity index (χ3n) is 2.88. The van der Waals surface area contributed by atoms with E-state index in [-0.39, 0.29) is 18.5 Å². The van der Waals surface area contributed by atoms with Crippen molar-refractivity contribution in [2.75, 3.05) is 25.6 Å². The van der Waals surface area contributed by atoms with Gasteiger partial charge in [0.1, 0.15) is 12.6 Å². The van der Waals surface area contributed by atoms with Crippen molar-refractivity contribution in [2.45, 2.75) is 31.3 Å². The maximum atomic E-state index is 11.8. The van der Waals surface area contributed by atoms with E-state index in [0.29, 0.717) is 12.2 Å². The van der Waals surface area contributed by atoms with E-state index in [9.17, 15) is 14.4 Å². The third-order valence-corrected chi connectivity index (χ3v) is 3.52. The molecule has 0 bridgehead atoms. The molecule has 1 aliphatic carbocycles. The number of amides is 3. The summed E-state index contributed by atoms with van der Waals surface area (Å²) in [6, 6.07) is -1.24. The van der Waals surface area contributed by atoms with Gasteiger partial charge < -0.3 is 20.6 Å². The van der Waals surface area contributed by atoms with Crippen molar-refractivity contribution < 1.29 is 19.5 Å². The number of carboxylic acid groups (broad SMARTS) is 1. The van der Waals surface area contributed by atoms with Gasteiger partial charge in [-0.2, -0.15) is 11.8 Å². The van der Waals surface area contributed by atoms with E-state index in [4.69, 9.17) is 5.11 Å². The molecule has 0 radical (unpaired) electrons. The monoisotopic (exact) mass is 303 g/mol. The maximum absolute atomic E-state index is 11.8. The van der Waals surface area contributed by atoms with Crippen molar-refractivity contribution >= 4 is 29.7 Å². The second-order valence-electron chi connectivity index (χ2n) is 4.82. The van der Waals surface area contributed by atoms with E-state index in [1.54, 1.807) is 0 Å². The summed E-state index contributed by atoms with van der Waals surface area (Å²) in [6.45, 7) is -0.0722. The van der Waals surface area contributed by atoms with E-state index in [0.717, 1.165) is 12.8 Å². The first-order chi connectivity index (χ1) is 9.43. The van der Waals surface area contributed by atoms with Crippen LogP contribution in [-0.2, 0) is 9.59 Å². The van der Waals surface area contributed by atoms with Crippen molar-refractivity contribution in [3.05, 3.63) is 0 Å². The molecule has 0 aromatic carbocycles. The predicted octanol–water partition coefficient (Wildman–Crippen LogP) is 0.113. The van der Waals surface area contributed by atoms with Gasteiger partial charge in [0.05, 0.1) is 0 Å². The van der Waals surface area contributed by atoms with Gasteiger partial charge in [0.15, 0.2) is 0 Å². The fourth-order valence-electron chi connectivity index (χ4n) is 1.54. The molecule has 0 heterocycles. The van der Waals surface area contributed by atoms with E-state index >= 15 is 0 Å². The number of hydrogen-bond acceptors (Lipinski definition) is 4. The maximum Gasteiger partial charge on any atom is 0.326 e. The zero-order chi connectivity index (χ0) is 15.1. The van der Waals surface area contributed by atoms with E-state index < -0.39 is 18.0 Å². The molecule has 1 saturated carbocycles. The molecule has 114 valence electrons. The Kier molecular flexibility index (Phi) is 6.63. The van der Waals surface area contributed by atoms with Crippen LogP contribution >= 0.6 is 11.8 Å². The third kappa shape index (κ3) is 6.14. The molecule has 3 amide bonds. The molecule has 8 heteroatoms. The Labute approximate surface area is 122 Å². The van der Waals surface area contributed by atoms with Gasteiger partial charge in [0.2, 0.25) is 5.91 Å². The van der Waals surface area contributed by atoms with Gasteiger partial charge in [-0.1, -0.05) is 0 Å². The number of thioether (sulfide) groups is 1. The SMILES string of the molecule is CSCC[C@@H](NC(=O)N(C)CC(=O)NC1CC1)C(=O)O. The number of hydrogen-bond donors (Lipinski definition) is 3. The molecule has 0 aliphatic heterocycles. The number of nitrogens with zero attached hydrogens (tertiary/aromatic N) is 1. The van der Waals surface area contributed by atoms with E-state index in [1.165, 1.54) is 23.7 Å². The molecule has 0 aromatic heterocycles. The molecule has 0 unspecified atom stereocenters. The number of carboxylic acids is 1. The Bertz CT molecular complexity index is 374. The highest BCUT2D eigenvalue weighted by atomic mass is 32.2. The van der Waals surface area contributed by atoms with Gasteiger partial charge in [-0.15, -0.1) is 0 Å². The topological polar surface area (TPSA) is 98.7 Å². The average Bonchev–Trinajstić information content (AvgIpc) is 3.17. The van der Waals surface area contributed by atoms with Crippen molar-refractivity contribution in [2.24, 2.45) is 0 Å². The Morgan fingerprint density at radius 2 is 2.05 bits per heavy atom. The molecule has 0 aromatic rings. The van der Waals surface area contributed by atoms with Gasteiger partial charge in [0, 0.05) is 13.1 Å². The standard InChI is InChI=1S/C12H21N3O4S/c1-15(7-10(16)13-8-3-4-8)12(19)14-9(11(17)18)5-6-20-2/h8-9H,3-7H2,1-2H3,(H,13,16)(H,14,19)(H,17,18)/t9-/m1/s1. The largest absolute Gasteiger partial charge is 0.480 e. The summed E-state index contributed by atoms with van der Waals surface area (Å²) in [6.07, 6.45) is 4.19. The van der Waals surface area contributed by atoms with Crippen molar-refractivity contribution in [3.63, 3.8) is 0 Å². The van der Waals surface area contributed by atoms with Crippen LogP contribution in [0.15, 0.2) is 0 Å². The predicted molar refractivity (Wildman–Crippen MR) is 76.7 cm³/mol. The quantitative estimate of drug-likeness (QED) is 0.591. The van der Waals surface area contributed by atoms with Crippen molar-refractivity contribution in [1.29, 1.82) is 0 Å². The van der Waals surface area contributed by atoms with Crippen LogP contribution in [0.2, 0.25) is 0 Å². The second kappa shape index (κ2) is 7.98. The molecule has 7 nitrogen and oxygen atoms in total. The molecule has 20 heavy (non-hydrogen) atoms. The lowest BCUT2D eigenvalue weighted by Gasteiger charge is -2.21. The molecule has 1 aliphatic rings. The van der Waals surface area contributed by atoms with Crippen LogP contribution in [-0.4, -0.2) is 65.6 Å². The summed E-state index contributed by atoms with van der Waals surface area (Å²) in [4.78, 5) is 35.6. The Morgan fingerprint density at radius 3 is 2.55 bits per heavy atom. The number of carbonyl (C=O) groups is 3. The van der Waals surface area contributed by atoms with Crippen LogP contribution in [0.1, 0.15) is 19.3 Å². The van der Waals surface area contributed by atoms with E-state index in [1.807, 2.05) is 6.26 Å². The molecule has 1 atom stereocenters. The lowest BCUT2D eigenvalue weighted by molar-refractivity contribution is -0.139. The molecule has 3 N–H and O–H groups in total. The van der Waals surface area contributed by atoms with Gasteiger partial charge >= 0.3 is 12.0 Å². The zero-order valence-corrected chi connectivity index (χ0v) is 12.5. The molecule has 0 spiro atoms. The molecular formula is C12H21N3O4S. The molecule has 1 rings (SSSR count). The minimum absolute atomic E-state index is 0.0722. The van der Waals surface area contributed by atoms with Crippen LogP contribution in [0.3, 0.4) is 0 Å². The fourth-order valence-corrected chi connectivity index (χ4v) is 2.01. The Morgan fingerprint density at radius 1 is 1.40 bits per heavy atom. The molecular weight excluding hydrogens is 282 g/mol. The smallest absolute Gasteiger partial charge is 0.326 e. The number of rotatable bonds is 8. The minimum Gasteiger partial charge on any atom is -0.480 e. The molecule has 1 fully saturated rings. The van der Waals surface area contributed by atoms with Gasteiger partial charge in [-0.3, -0.25) is 4.79 Å². The highest BCUT2D eigenvalue weighted by Gasteiger charge is 2.25. The summed E-state index contributed by atoms with van der Waals surface area (Å²) in [5.41, 5.74) is 0. The summed E-state index contributed by atoms with van der Waals surface area (Å²) < 4.78 is 0. The number of urea groups is 1. The second-order valence-corrected chi connectivity index (χ2v) is 5.81. The minimum atomic E-state index is -1.07. The average molecular weight is 303 g/mol. The molecule has 0 saturated heterocycles. The first kappa shape index (κ1) is 16.6. The van der Waals surface area contributed by atoms with E-state index in [2.05, 4.69) is 10.6 Å². The first-order valence-electron chi connectivity index (χ1n) is 6.46.